The van der Waals surface area contributed by atoms with Gasteiger partial charge in [0.25, 0.3) is 14.7 Å². The molecule has 0 aliphatic rings. The van der Waals surface area contributed by atoms with Gasteiger partial charge in [-0.25, -0.2) is 8.42 Å². The second-order valence-corrected chi connectivity index (χ2v) is 5.47. The number of nitro groups is 1. The molecule has 0 unspecified atom stereocenters. The number of nitrogens with zero attached hydrogens (tertiary/aromatic N) is 2. The fourth-order valence-corrected chi connectivity index (χ4v) is 2.36. The Balaban J connectivity index is 3.74. The highest BCUT2D eigenvalue weighted by atomic mass is 35.7. The van der Waals surface area contributed by atoms with Crippen LogP contribution in [0.4, 0.5) is 5.69 Å². The third-order valence-corrected chi connectivity index (χ3v) is 3.33. The monoisotopic (exact) mass is 276 g/mol. The first-order valence-electron chi connectivity index (χ1n) is 4.08. The van der Waals surface area contributed by atoms with Crippen molar-refractivity contribution < 1.29 is 18.4 Å². The number of nitro benzene ring substituents is 1. The summed E-state index contributed by atoms with van der Waals surface area (Å²) in [7, 11) is 0.800. The molecule has 0 aliphatic heterocycles. The second kappa shape index (κ2) is 4.67. The Kier molecular flexibility index (Phi) is 3.67. The summed E-state index contributed by atoms with van der Waals surface area (Å²) in [5, 5.41) is 28.2. The van der Waals surface area contributed by atoms with Crippen molar-refractivity contribution in [2.24, 2.45) is 0 Å². The standard InChI is InChI=1S/C8H5ClN2O5S/c9-17(15,16)8-2-6(11(13)14)1-5(3-10)7(8)4-12/h1-2,12H,4H2. The zero-order chi connectivity index (χ0) is 13.2. The fraction of sp³-hybridized carbons (Fsp3) is 0.125. The molecular weight excluding hydrogens is 272 g/mol. The highest BCUT2D eigenvalue weighted by Crippen LogP contribution is 2.28. The van der Waals surface area contributed by atoms with E-state index in [2.05, 4.69) is 0 Å². The largest absolute Gasteiger partial charge is 0.392 e. The lowest BCUT2D eigenvalue weighted by atomic mass is 10.1. The van der Waals surface area contributed by atoms with E-state index >= 15 is 0 Å². The summed E-state index contributed by atoms with van der Waals surface area (Å²) in [6, 6.07) is 3.14. The van der Waals surface area contributed by atoms with Gasteiger partial charge in [0.15, 0.2) is 0 Å². The third kappa shape index (κ3) is 2.71. The first-order chi connectivity index (χ1) is 7.81. The van der Waals surface area contributed by atoms with Crippen LogP contribution in [-0.4, -0.2) is 18.4 Å². The number of aliphatic hydroxyl groups is 1. The summed E-state index contributed by atoms with van der Waals surface area (Å²) in [5.74, 6) is 0. The van der Waals surface area contributed by atoms with Crippen LogP contribution in [0.25, 0.3) is 0 Å². The molecule has 0 amide bonds. The Labute approximate surface area is 100 Å². The maximum Gasteiger partial charge on any atom is 0.272 e. The number of benzene rings is 1. The molecule has 17 heavy (non-hydrogen) atoms. The molecule has 0 fully saturated rings. The number of nitriles is 1. The summed E-state index contributed by atoms with van der Waals surface area (Å²) in [6.45, 7) is -0.762. The summed E-state index contributed by atoms with van der Waals surface area (Å²) >= 11 is 0. The molecule has 1 N–H and O–H groups in total. The molecule has 90 valence electrons. The zero-order valence-electron chi connectivity index (χ0n) is 8.12. The van der Waals surface area contributed by atoms with Crippen LogP contribution >= 0.6 is 10.7 Å². The maximum atomic E-state index is 11.2. The van der Waals surface area contributed by atoms with Crippen LogP contribution in [0.5, 0.6) is 0 Å². The Morgan fingerprint density at radius 3 is 2.47 bits per heavy atom. The number of halogens is 1. The van der Waals surface area contributed by atoms with Crippen LogP contribution in [0, 0.1) is 21.4 Å². The first kappa shape index (κ1) is 13.4. The molecule has 0 spiro atoms. The molecule has 0 aromatic heterocycles. The smallest absolute Gasteiger partial charge is 0.272 e. The summed E-state index contributed by atoms with van der Waals surface area (Å²) < 4.78 is 22.4. The maximum absolute atomic E-state index is 11.2. The lowest BCUT2D eigenvalue weighted by Gasteiger charge is -2.05. The van der Waals surface area contributed by atoms with E-state index in [1.165, 1.54) is 0 Å². The number of hydrogen-bond donors (Lipinski definition) is 1. The minimum atomic E-state index is -4.28. The van der Waals surface area contributed by atoms with Crippen LogP contribution in [0.1, 0.15) is 11.1 Å². The Morgan fingerprint density at radius 2 is 2.12 bits per heavy atom. The highest BCUT2D eigenvalue weighted by Gasteiger charge is 2.23. The predicted octanol–water partition coefficient (Wildman–Crippen LogP) is 0.886. The molecular formula is C8H5ClN2O5S. The van der Waals surface area contributed by atoms with Crippen molar-refractivity contribution in [3.05, 3.63) is 33.4 Å². The number of non-ortho nitro benzene ring substituents is 1. The number of rotatable bonds is 3. The lowest BCUT2D eigenvalue weighted by Crippen LogP contribution is -2.03. The minimum Gasteiger partial charge on any atom is -0.392 e. The van der Waals surface area contributed by atoms with Gasteiger partial charge in [-0.3, -0.25) is 10.1 Å². The molecule has 0 saturated carbocycles. The molecule has 0 heterocycles. The van der Waals surface area contributed by atoms with E-state index in [0.29, 0.717) is 6.07 Å². The van der Waals surface area contributed by atoms with E-state index in [4.69, 9.17) is 21.1 Å². The molecule has 0 radical (unpaired) electrons. The van der Waals surface area contributed by atoms with Crippen LogP contribution < -0.4 is 0 Å². The van der Waals surface area contributed by atoms with Crippen molar-refractivity contribution in [2.45, 2.75) is 11.5 Å². The van der Waals surface area contributed by atoms with Gasteiger partial charge in [0.2, 0.25) is 0 Å². The van der Waals surface area contributed by atoms with Gasteiger partial charge in [-0.05, 0) is 0 Å². The van der Waals surface area contributed by atoms with Gasteiger partial charge in [0.1, 0.15) is 0 Å². The number of aliphatic hydroxyl groups excluding tert-OH is 1. The summed E-state index contributed by atoms with van der Waals surface area (Å²) in [6.07, 6.45) is 0. The fourth-order valence-electron chi connectivity index (χ4n) is 1.22. The molecule has 1 aromatic carbocycles. The van der Waals surface area contributed by atoms with E-state index in [-0.39, 0.29) is 11.1 Å². The topological polar surface area (TPSA) is 121 Å². The molecule has 9 heteroatoms. The van der Waals surface area contributed by atoms with Crippen LogP contribution in [-0.2, 0) is 15.7 Å². The van der Waals surface area contributed by atoms with E-state index in [1.54, 1.807) is 6.07 Å². The molecule has 0 saturated heterocycles. The van der Waals surface area contributed by atoms with Crippen molar-refractivity contribution in [1.82, 2.24) is 0 Å². The second-order valence-electron chi connectivity index (χ2n) is 2.93. The predicted molar refractivity (Wildman–Crippen MR) is 56.8 cm³/mol. The van der Waals surface area contributed by atoms with Crippen molar-refractivity contribution in [3.8, 4) is 6.07 Å². The van der Waals surface area contributed by atoms with Crippen molar-refractivity contribution >= 4 is 25.4 Å². The van der Waals surface area contributed by atoms with Crippen LogP contribution in [0.2, 0.25) is 0 Å². The zero-order valence-corrected chi connectivity index (χ0v) is 9.70. The van der Waals surface area contributed by atoms with Gasteiger partial charge in [-0.2, -0.15) is 5.26 Å². The van der Waals surface area contributed by atoms with Crippen molar-refractivity contribution in [1.29, 1.82) is 5.26 Å². The molecule has 7 nitrogen and oxygen atoms in total. The van der Waals surface area contributed by atoms with Gasteiger partial charge in [0.05, 0.1) is 28.1 Å². The van der Waals surface area contributed by atoms with E-state index in [1.807, 2.05) is 0 Å². The molecule has 0 atom stereocenters. The average Bonchev–Trinajstić information content (AvgIpc) is 2.25. The SMILES string of the molecule is N#Cc1cc([N+](=O)[O-])cc(S(=O)(=O)Cl)c1CO. The lowest BCUT2D eigenvalue weighted by molar-refractivity contribution is -0.385. The molecule has 0 aliphatic carbocycles. The van der Waals surface area contributed by atoms with Crippen LogP contribution in [0.3, 0.4) is 0 Å². The third-order valence-electron chi connectivity index (χ3n) is 1.95. The number of hydrogen-bond acceptors (Lipinski definition) is 6. The minimum absolute atomic E-state index is 0.256. The highest BCUT2D eigenvalue weighted by molar-refractivity contribution is 8.13. The van der Waals surface area contributed by atoms with Gasteiger partial charge >= 0.3 is 0 Å². The first-order valence-corrected chi connectivity index (χ1v) is 6.39. The van der Waals surface area contributed by atoms with Crippen molar-refractivity contribution in [2.75, 3.05) is 0 Å². The Bertz CT molecular complexity index is 620. The van der Waals surface area contributed by atoms with Gasteiger partial charge < -0.3 is 5.11 Å². The Hall–Kier alpha value is -1.69. The van der Waals surface area contributed by atoms with Gasteiger partial charge in [-0.1, -0.05) is 0 Å². The Morgan fingerprint density at radius 1 is 1.53 bits per heavy atom. The van der Waals surface area contributed by atoms with Crippen molar-refractivity contribution in [3.63, 3.8) is 0 Å². The average molecular weight is 277 g/mol. The van der Waals surface area contributed by atoms with E-state index in [0.717, 1.165) is 6.07 Å². The quantitative estimate of drug-likeness (QED) is 0.497. The molecule has 1 aromatic rings. The van der Waals surface area contributed by atoms with E-state index in [9.17, 15) is 18.5 Å². The van der Waals surface area contributed by atoms with Crippen LogP contribution in [0.15, 0.2) is 17.0 Å². The van der Waals surface area contributed by atoms with Gasteiger partial charge in [0, 0.05) is 28.4 Å². The normalized spacial score (nSPS) is 10.9. The molecule has 1 rings (SSSR count). The van der Waals surface area contributed by atoms with Gasteiger partial charge in [-0.15, -0.1) is 0 Å². The summed E-state index contributed by atoms with van der Waals surface area (Å²) in [5.41, 5.74) is -1.15. The molecule has 0 bridgehead atoms. The van der Waals surface area contributed by atoms with E-state index < -0.39 is 31.2 Å². The summed E-state index contributed by atoms with van der Waals surface area (Å²) in [4.78, 5) is 9.06.